The molecule has 0 saturated carbocycles. The summed E-state index contributed by atoms with van der Waals surface area (Å²) in [6.07, 6.45) is 2.12. The second-order valence-electron chi connectivity index (χ2n) is 7.37. The summed E-state index contributed by atoms with van der Waals surface area (Å²) in [5, 5.41) is 0.446. The molecule has 2 aromatic carbocycles. The summed E-state index contributed by atoms with van der Waals surface area (Å²) in [6, 6.07) is 17.1. The fraction of sp³-hybridized carbons (Fsp3) is 0.240. The van der Waals surface area contributed by atoms with Gasteiger partial charge in [-0.05, 0) is 42.3 Å². The van der Waals surface area contributed by atoms with Gasteiger partial charge in [-0.15, -0.1) is 11.3 Å². The SMILES string of the molecule is COc1ccc(OCCn2cnc3sc(C(=O)OCCc4ccccc4)c(C)c3c2=O)cc1. The first-order chi connectivity index (χ1) is 16.1. The van der Waals surface area contributed by atoms with Gasteiger partial charge in [0.15, 0.2) is 0 Å². The Morgan fingerprint density at radius 3 is 2.48 bits per heavy atom. The highest BCUT2D eigenvalue weighted by Crippen LogP contribution is 2.27. The minimum atomic E-state index is -0.430. The van der Waals surface area contributed by atoms with Crippen molar-refractivity contribution in [1.29, 1.82) is 0 Å². The maximum Gasteiger partial charge on any atom is 0.348 e. The normalized spacial score (nSPS) is 10.8. The average molecular weight is 465 g/mol. The van der Waals surface area contributed by atoms with Gasteiger partial charge in [-0.3, -0.25) is 9.36 Å². The summed E-state index contributed by atoms with van der Waals surface area (Å²) in [5.74, 6) is 1.00. The van der Waals surface area contributed by atoms with E-state index in [0.717, 1.165) is 11.3 Å². The van der Waals surface area contributed by atoms with Crippen molar-refractivity contribution in [1.82, 2.24) is 9.55 Å². The van der Waals surface area contributed by atoms with Crippen LogP contribution in [0.1, 0.15) is 20.8 Å². The molecule has 0 radical (unpaired) electrons. The number of methoxy groups -OCH3 is 1. The number of nitrogens with zero attached hydrogens (tertiary/aromatic N) is 2. The standard InChI is InChI=1S/C25H24N2O5S/c1-17-21-23(33-22(17)25(29)32-14-12-18-6-4-3-5-7-18)26-16-27(24(21)28)13-15-31-20-10-8-19(30-2)9-11-20/h3-11,16H,12-15H2,1-2H3. The van der Waals surface area contributed by atoms with Crippen LogP contribution >= 0.6 is 11.3 Å². The Morgan fingerprint density at radius 2 is 1.76 bits per heavy atom. The molecule has 0 amide bonds. The lowest BCUT2D eigenvalue weighted by Gasteiger charge is -2.09. The summed E-state index contributed by atoms with van der Waals surface area (Å²) in [5.41, 5.74) is 1.50. The molecular formula is C25H24N2O5S. The minimum absolute atomic E-state index is 0.199. The first-order valence-corrected chi connectivity index (χ1v) is 11.3. The van der Waals surface area contributed by atoms with Gasteiger partial charge in [-0.25, -0.2) is 9.78 Å². The molecule has 2 aromatic heterocycles. The number of ether oxygens (including phenoxy) is 3. The number of fused-ring (bicyclic) bond motifs is 1. The number of thiophene rings is 1. The van der Waals surface area contributed by atoms with E-state index >= 15 is 0 Å². The van der Waals surface area contributed by atoms with Crippen LogP contribution in [0.5, 0.6) is 11.5 Å². The van der Waals surface area contributed by atoms with E-state index in [0.29, 0.717) is 46.0 Å². The monoisotopic (exact) mass is 464 g/mol. The number of rotatable bonds is 9. The van der Waals surface area contributed by atoms with Crippen LogP contribution in [0.4, 0.5) is 0 Å². The number of aryl methyl sites for hydroxylation is 1. The fourth-order valence-electron chi connectivity index (χ4n) is 3.42. The number of esters is 1. The number of aromatic nitrogens is 2. The third kappa shape index (κ3) is 5.23. The summed E-state index contributed by atoms with van der Waals surface area (Å²) in [6.45, 7) is 2.67. The van der Waals surface area contributed by atoms with Crippen molar-refractivity contribution < 1.29 is 19.0 Å². The zero-order valence-corrected chi connectivity index (χ0v) is 19.3. The highest BCUT2D eigenvalue weighted by molar-refractivity contribution is 7.20. The molecule has 33 heavy (non-hydrogen) atoms. The quantitative estimate of drug-likeness (QED) is 0.345. The smallest absolute Gasteiger partial charge is 0.348 e. The van der Waals surface area contributed by atoms with Gasteiger partial charge >= 0.3 is 5.97 Å². The first kappa shape index (κ1) is 22.5. The van der Waals surface area contributed by atoms with Crippen LogP contribution < -0.4 is 15.0 Å². The van der Waals surface area contributed by atoms with E-state index in [9.17, 15) is 9.59 Å². The molecule has 0 atom stereocenters. The molecule has 8 heteroatoms. The molecule has 2 heterocycles. The van der Waals surface area contributed by atoms with Gasteiger partial charge in [-0.1, -0.05) is 30.3 Å². The lowest BCUT2D eigenvalue weighted by molar-refractivity contribution is 0.0514. The van der Waals surface area contributed by atoms with Crippen molar-refractivity contribution in [2.45, 2.75) is 19.9 Å². The average Bonchev–Trinajstić information content (AvgIpc) is 3.18. The molecule has 0 aliphatic rings. The van der Waals surface area contributed by atoms with Crippen LogP contribution in [-0.2, 0) is 17.7 Å². The number of carbonyl (C=O) groups excluding carboxylic acids is 1. The predicted molar refractivity (Wildman–Crippen MR) is 128 cm³/mol. The van der Waals surface area contributed by atoms with Crippen molar-refractivity contribution in [3.63, 3.8) is 0 Å². The zero-order chi connectivity index (χ0) is 23.2. The van der Waals surface area contributed by atoms with Gasteiger partial charge in [0.2, 0.25) is 0 Å². The van der Waals surface area contributed by atoms with Crippen molar-refractivity contribution in [2.75, 3.05) is 20.3 Å². The fourth-order valence-corrected chi connectivity index (χ4v) is 4.45. The van der Waals surface area contributed by atoms with E-state index in [2.05, 4.69) is 4.98 Å². The highest BCUT2D eigenvalue weighted by atomic mass is 32.1. The predicted octanol–water partition coefficient (Wildman–Crippen LogP) is 4.25. The van der Waals surface area contributed by atoms with Crippen molar-refractivity contribution >= 4 is 27.5 Å². The summed E-state index contributed by atoms with van der Waals surface area (Å²) in [4.78, 5) is 31.0. The number of benzene rings is 2. The van der Waals surface area contributed by atoms with Gasteiger partial charge in [0.25, 0.3) is 5.56 Å². The van der Waals surface area contributed by atoms with Gasteiger partial charge in [-0.2, -0.15) is 0 Å². The molecular weight excluding hydrogens is 440 g/mol. The first-order valence-electron chi connectivity index (χ1n) is 10.5. The topological polar surface area (TPSA) is 79.7 Å². The van der Waals surface area contributed by atoms with Crippen LogP contribution in [0.25, 0.3) is 10.2 Å². The lowest BCUT2D eigenvalue weighted by atomic mass is 10.2. The van der Waals surface area contributed by atoms with E-state index in [1.54, 1.807) is 14.0 Å². The van der Waals surface area contributed by atoms with Gasteiger partial charge in [0.05, 0.1) is 32.0 Å². The van der Waals surface area contributed by atoms with Crippen LogP contribution in [-0.4, -0.2) is 35.8 Å². The molecule has 0 saturated heterocycles. The summed E-state index contributed by atoms with van der Waals surface area (Å²) >= 11 is 1.18. The molecule has 7 nitrogen and oxygen atoms in total. The molecule has 4 rings (SSSR count). The Balaban J connectivity index is 1.42. The second-order valence-corrected chi connectivity index (χ2v) is 8.37. The molecule has 0 N–H and O–H groups in total. The van der Waals surface area contributed by atoms with E-state index in [4.69, 9.17) is 14.2 Å². The number of hydrogen-bond donors (Lipinski definition) is 0. The number of carbonyl (C=O) groups is 1. The Labute approximate surface area is 195 Å². The zero-order valence-electron chi connectivity index (χ0n) is 18.4. The van der Waals surface area contributed by atoms with E-state index < -0.39 is 5.97 Å². The van der Waals surface area contributed by atoms with Gasteiger partial charge < -0.3 is 14.2 Å². The van der Waals surface area contributed by atoms with Gasteiger partial charge in [0, 0.05) is 6.42 Å². The third-order valence-corrected chi connectivity index (χ3v) is 6.41. The van der Waals surface area contributed by atoms with Crippen molar-refractivity contribution in [3.8, 4) is 11.5 Å². The highest BCUT2D eigenvalue weighted by Gasteiger charge is 2.20. The Bertz CT molecular complexity index is 1300. The molecule has 0 aliphatic carbocycles. The Hall–Kier alpha value is -3.65. The minimum Gasteiger partial charge on any atom is -0.497 e. The molecule has 0 unspecified atom stereocenters. The maximum absolute atomic E-state index is 13.0. The van der Waals surface area contributed by atoms with Crippen molar-refractivity contribution in [3.05, 3.63) is 87.3 Å². The van der Waals surface area contributed by atoms with E-state index in [-0.39, 0.29) is 12.2 Å². The molecule has 0 spiro atoms. The second kappa shape index (κ2) is 10.3. The largest absolute Gasteiger partial charge is 0.497 e. The van der Waals surface area contributed by atoms with Gasteiger partial charge in [0.1, 0.15) is 27.8 Å². The molecule has 0 bridgehead atoms. The lowest BCUT2D eigenvalue weighted by Crippen LogP contribution is -2.23. The molecule has 0 fully saturated rings. The molecule has 0 aliphatic heterocycles. The number of hydrogen-bond acceptors (Lipinski definition) is 7. The van der Waals surface area contributed by atoms with Crippen LogP contribution in [0, 0.1) is 6.92 Å². The Morgan fingerprint density at radius 1 is 1.03 bits per heavy atom. The molecule has 170 valence electrons. The molecule has 4 aromatic rings. The van der Waals surface area contributed by atoms with Crippen molar-refractivity contribution in [2.24, 2.45) is 0 Å². The summed E-state index contributed by atoms with van der Waals surface area (Å²) < 4.78 is 17.8. The third-order valence-electron chi connectivity index (χ3n) is 5.23. The van der Waals surface area contributed by atoms with Crippen LogP contribution in [0.2, 0.25) is 0 Å². The van der Waals surface area contributed by atoms with Crippen LogP contribution in [0.3, 0.4) is 0 Å². The van der Waals surface area contributed by atoms with E-state index in [1.807, 2.05) is 54.6 Å². The van der Waals surface area contributed by atoms with E-state index in [1.165, 1.54) is 22.2 Å². The summed E-state index contributed by atoms with van der Waals surface area (Å²) in [7, 11) is 1.60. The Kier molecular flexibility index (Phi) is 7.04. The maximum atomic E-state index is 13.0. The van der Waals surface area contributed by atoms with Crippen LogP contribution in [0.15, 0.2) is 65.7 Å².